The number of hydrogen-bond acceptors (Lipinski definition) is 3. The van der Waals surface area contributed by atoms with Gasteiger partial charge in [-0.3, -0.25) is 0 Å². The van der Waals surface area contributed by atoms with Gasteiger partial charge in [-0.15, -0.1) is 0 Å². The van der Waals surface area contributed by atoms with E-state index in [2.05, 4.69) is 0 Å². The Labute approximate surface area is 99.4 Å². The molecular weight excluding hydrogens is 230 g/mol. The monoisotopic (exact) mass is 243 g/mol. The average Bonchev–Trinajstić information content (AvgIpc) is 2.28. The van der Waals surface area contributed by atoms with Crippen LogP contribution in [0.5, 0.6) is 0 Å². The Bertz CT molecular complexity index is 357. The van der Waals surface area contributed by atoms with Gasteiger partial charge in [-0.2, -0.15) is 0 Å². The number of ether oxygens (including phenoxy) is 1. The van der Waals surface area contributed by atoms with E-state index in [0.717, 1.165) is 5.56 Å². The zero-order chi connectivity index (χ0) is 12.0. The van der Waals surface area contributed by atoms with E-state index in [0.29, 0.717) is 11.6 Å². The summed E-state index contributed by atoms with van der Waals surface area (Å²) in [5.74, 6) is 0. The Morgan fingerprint density at radius 1 is 1.50 bits per heavy atom. The number of carbonyl (C=O) groups excluding carboxylic acids is 1. The molecule has 0 spiro atoms. The van der Waals surface area contributed by atoms with Crippen LogP contribution in [0.25, 0.3) is 0 Å². The second-order valence-electron chi connectivity index (χ2n) is 3.29. The summed E-state index contributed by atoms with van der Waals surface area (Å²) in [6.07, 6.45) is -0.478. The second-order valence-corrected chi connectivity index (χ2v) is 3.69. The van der Waals surface area contributed by atoms with Gasteiger partial charge in [0, 0.05) is 12.1 Å². The minimum absolute atomic E-state index is 0.00565. The summed E-state index contributed by atoms with van der Waals surface area (Å²) in [6.45, 7) is 0.210. The molecule has 1 aromatic carbocycles. The van der Waals surface area contributed by atoms with Crippen LogP contribution in [-0.2, 0) is 11.3 Å². The molecule has 4 nitrogen and oxygen atoms in total. The van der Waals surface area contributed by atoms with Gasteiger partial charge >= 0.3 is 6.09 Å². The lowest BCUT2D eigenvalue weighted by atomic mass is 10.2. The molecule has 88 valence electrons. The first kappa shape index (κ1) is 12.8. The summed E-state index contributed by atoms with van der Waals surface area (Å²) in [6, 6.07) is 7.30. The number of rotatable bonds is 4. The SMILES string of the molecule is CN(Cc1ccccc1Cl)C(=O)OCCO. The van der Waals surface area contributed by atoms with Crippen molar-refractivity contribution in [1.29, 1.82) is 0 Å². The maximum absolute atomic E-state index is 11.4. The zero-order valence-electron chi connectivity index (χ0n) is 9.02. The molecule has 1 N–H and O–H groups in total. The number of nitrogens with zero attached hydrogens (tertiary/aromatic N) is 1. The molecule has 0 radical (unpaired) electrons. The fraction of sp³-hybridized carbons (Fsp3) is 0.364. The molecule has 0 aliphatic carbocycles. The minimum Gasteiger partial charge on any atom is -0.447 e. The highest BCUT2D eigenvalue weighted by atomic mass is 35.5. The van der Waals surface area contributed by atoms with Crippen LogP contribution in [0.15, 0.2) is 24.3 Å². The summed E-state index contributed by atoms with van der Waals surface area (Å²) in [5.41, 5.74) is 0.854. The van der Waals surface area contributed by atoms with Crippen LogP contribution < -0.4 is 0 Å². The molecular formula is C11H14ClNO3. The molecule has 0 heterocycles. The first-order valence-corrected chi connectivity index (χ1v) is 5.25. The highest BCUT2D eigenvalue weighted by Gasteiger charge is 2.11. The molecule has 0 aliphatic heterocycles. The van der Waals surface area contributed by atoms with Gasteiger partial charge in [0.25, 0.3) is 0 Å². The van der Waals surface area contributed by atoms with E-state index in [1.807, 2.05) is 18.2 Å². The van der Waals surface area contributed by atoms with Crippen molar-refractivity contribution in [3.8, 4) is 0 Å². The van der Waals surface area contributed by atoms with Crippen molar-refractivity contribution in [2.45, 2.75) is 6.54 Å². The predicted molar refractivity (Wildman–Crippen MR) is 61.4 cm³/mol. The molecule has 0 unspecified atom stereocenters. The van der Waals surface area contributed by atoms with Gasteiger partial charge in [-0.1, -0.05) is 29.8 Å². The first-order chi connectivity index (χ1) is 7.65. The predicted octanol–water partition coefficient (Wildman–Crippen LogP) is 1.90. The molecule has 0 aliphatic rings. The number of hydrogen-bond donors (Lipinski definition) is 1. The van der Waals surface area contributed by atoms with Crippen LogP contribution in [-0.4, -0.2) is 36.4 Å². The van der Waals surface area contributed by atoms with E-state index in [1.54, 1.807) is 13.1 Å². The Hall–Kier alpha value is -1.26. The van der Waals surface area contributed by atoms with E-state index < -0.39 is 6.09 Å². The third-order valence-corrected chi connectivity index (χ3v) is 2.36. The van der Waals surface area contributed by atoms with Gasteiger partial charge in [-0.25, -0.2) is 4.79 Å². The Morgan fingerprint density at radius 2 is 2.19 bits per heavy atom. The Morgan fingerprint density at radius 3 is 2.81 bits per heavy atom. The van der Waals surface area contributed by atoms with Gasteiger partial charge in [0.2, 0.25) is 0 Å². The van der Waals surface area contributed by atoms with E-state index >= 15 is 0 Å². The number of amides is 1. The van der Waals surface area contributed by atoms with Crippen molar-refractivity contribution < 1.29 is 14.6 Å². The van der Waals surface area contributed by atoms with E-state index in [-0.39, 0.29) is 13.2 Å². The van der Waals surface area contributed by atoms with E-state index in [9.17, 15) is 4.79 Å². The normalized spacial score (nSPS) is 9.94. The first-order valence-electron chi connectivity index (χ1n) is 4.87. The zero-order valence-corrected chi connectivity index (χ0v) is 9.78. The number of aliphatic hydroxyl groups excluding tert-OH is 1. The van der Waals surface area contributed by atoms with Crippen molar-refractivity contribution in [1.82, 2.24) is 4.90 Å². The number of carbonyl (C=O) groups is 1. The number of benzene rings is 1. The quantitative estimate of drug-likeness (QED) is 0.879. The van der Waals surface area contributed by atoms with Gasteiger partial charge in [0.15, 0.2) is 0 Å². The lowest BCUT2D eigenvalue weighted by molar-refractivity contribution is 0.0894. The molecule has 16 heavy (non-hydrogen) atoms. The third-order valence-electron chi connectivity index (χ3n) is 1.99. The highest BCUT2D eigenvalue weighted by molar-refractivity contribution is 6.31. The van der Waals surface area contributed by atoms with Gasteiger partial charge in [0.1, 0.15) is 6.61 Å². The lowest BCUT2D eigenvalue weighted by Gasteiger charge is -2.17. The molecule has 0 saturated carbocycles. The molecule has 1 amide bonds. The summed E-state index contributed by atoms with van der Waals surface area (Å²) in [7, 11) is 1.61. The molecule has 0 bridgehead atoms. The summed E-state index contributed by atoms with van der Waals surface area (Å²) >= 11 is 5.96. The molecule has 1 aromatic rings. The van der Waals surface area contributed by atoms with Crippen LogP contribution in [0.2, 0.25) is 5.02 Å². The topological polar surface area (TPSA) is 49.8 Å². The summed E-state index contributed by atoms with van der Waals surface area (Å²) in [4.78, 5) is 12.8. The standard InChI is InChI=1S/C11H14ClNO3/c1-13(11(15)16-7-6-14)8-9-4-2-3-5-10(9)12/h2-5,14H,6-8H2,1H3. The minimum atomic E-state index is -0.478. The largest absolute Gasteiger partial charge is 0.447 e. The summed E-state index contributed by atoms with van der Waals surface area (Å²) < 4.78 is 4.76. The molecule has 0 fully saturated rings. The molecule has 5 heteroatoms. The van der Waals surface area contributed by atoms with E-state index in [1.165, 1.54) is 4.90 Å². The fourth-order valence-corrected chi connectivity index (χ4v) is 1.39. The van der Waals surface area contributed by atoms with Gasteiger partial charge in [-0.05, 0) is 11.6 Å². The molecule has 1 rings (SSSR count). The van der Waals surface area contributed by atoms with Gasteiger partial charge < -0.3 is 14.7 Å². The average molecular weight is 244 g/mol. The van der Waals surface area contributed by atoms with Gasteiger partial charge in [0.05, 0.1) is 13.2 Å². The van der Waals surface area contributed by atoms with Crippen molar-refractivity contribution in [3.05, 3.63) is 34.9 Å². The lowest BCUT2D eigenvalue weighted by Crippen LogP contribution is -2.27. The van der Waals surface area contributed by atoms with Crippen molar-refractivity contribution >= 4 is 17.7 Å². The smallest absolute Gasteiger partial charge is 0.409 e. The van der Waals surface area contributed by atoms with Crippen LogP contribution in [0, 0.1) is 0 Å². The fourth-order valence-electron chi connectivity index (χ4n) is 1.19. The maximum Gasteiger partial charge on any atom is 0.409 e. The van der Waals surface area contributed by atoms with Crippen molar-refractivity contribution in [2.24, 2.45) is 0 Å². The van der Waals surface area contributed by atoms with Crippen LogP contribution in [0.4, 0.5) is 4.79 Å². The third kappa shape index (κ3) is 3.72. The Balaban J connectivity index is 2.54. The van der Waals surface area contributed by atoms with Crippen molar-refractivity contribution in [3.63, 3.8) is 0 Å². The second kappa shape index (κ2) is 6.35. The highest BCUT2D eigenvalue weighted by Crippen LogP contribution is 2.16. The Kier molecular flexibility index (Phi) is 5.08. The number of halogens is 1. The molecule has 0 saturated heterocycles. The maximum atomic E-state index is 11.4. The van der Waals surface area contributed by atoms with E-state index in [4.69, 9.17) is 21.4 Å². The molecule has 0 atom stereocenters. The molecule has 0 aromatic heterocycles. The summed E-state index contributed by atoms with van der Waals surface area (Å²) in [5, 5.41) is 9.13. The van der Waals surface area contributed by atoms with Crippen LogP contribution in [0.1, 0.15) is 5.56 Å². The van der Waals surface area contributed by atoms with Crippen molar-refractivity contribution in [2.75, 3.05) is 20.3 Å². The van der Waals surface area contributed by atoms with Crippen LogP contribution in [0.3, 0.4) is 0 Å². The van der Waals surface area contributed by atoms with Crippen LogP contribution >= 0.6 is 11.6 Å². The number of aliphatic hydroxyl groups is 1.